The Morgan fingerprint density at radius 2 is 1.77 bits per heavy atom. The second kappa shape index (κ2) is 8.08. The van der Waals surface area contributed by atoms with Gasteiger partial charge < -0.3 is 14.4 Å². The fraction of sp³-hybridized carbons (Fsp3) is 0.350. The maximum Gasteiger partial charge on any atom is 0.255 e. The zero-order valence-corrected chi connectivity index (χ0v) is 16.4. The lowest BCUT2D eigenvalue weighted by Crippen LogP contribution is -2.36. The van der Waals surface area contributed by atoms with Crippen LogP contribution in [0.4, 0.5) is 4.39 Å². The Morgan fingerprint density at radius 1 is 1.12 bits per heavy atom. The third kappa shape index (κ3) is 3.85. The lowest BCUT2D eigenvalue weighted by Gasteiger charge is -2.30. The number of rotatable bonds is 5. The van der Waals surface area contributed by atoms with Crippen LogP contribution in [0, 0.1) is 5.82 Å². The van der Waals surface area contributed by atoms with E-state index in [1.54, 1.807) is 11.0 Å². The van der Waals surface area contributed by atoms with Crippen molar-refractivity contribution < 1.29 is 18.7 Å². The van der Waals surface area contributed by atoms with Crippen LogP contribution >= 0.6 is 15.9 Å². The number of hydrogen-bond donors (Lipinski definition) is 0. The first kappa shape index (κ1) is 18.7. The van der Waals surface area contributed by atoms with Crippen molar-refractivity contribution in [1.29, 1.82) is 0 Å². The minimum Gasteiger partial charge on any atom is -0.490 e. The number of benzene rings is 2. The highest BCUT2D eigenvalue weighted by molar-refractivity contribution is 9.10. The Morgan fingerprint density at radius 3 is 2.42 bits per heavy atom. The van der Waals surface area contributed by atoms with E-state index in [4.69, 9.17) is 9.47 Å². The van der Waals surface area contributed by atoms with Gasteiger partial charge in [0.1, 0.15) is 5.82 Å². The maximum absolute atomic E-state index is 13.5. The van der Waals surface area contributed by atoms with Crippen LogP contribution in [0.2, 0.25) is 0 Å². The number of nitrogens with zero attached hydrogens (tertiary/aromatic N) is 1. The van der Waals surface area contributed by atoms with E-state index >= 15 is 0 Å². The molecule has 0 aliphatic carbocycles. The van der Waals surface area contributed by atoms with Gasteiger partial charge in [0.05, 0.1) is 18.8 Å². The van der Waals surface area contributed by atoms with Gasteiger partial charge in [0, 0.05) is 17.6 Å². The van der Waals surface area contributed by atoms with Crippen molar-refractivity contribution in [3.8, 4) is 11.5 Å². The SMILES string of the molecule is CCOc1cc2c(cc1OCC)CN(C(=O)c1cc(F)ccc1Br)CC2. The molecule has 3 rings (SSSR count). The molecule has 0 spiro atoms. The van der Waals surface area contributed by atoms with Gasteiger partial charge in [-0.15, -0.1) is 0 Å². The van der Waals surface area contributed by atoms with E-state index in [0.717, 1.165) is 23.3 Å². The van der Waals surface area contributed by atoms with Crippen molar-refractivity contribution in [2.45, 2.75) is 26.8 Å². The Balaban J connectivity index is 1.87. The number of amides is 1. The monoisotopic (exact) mass is 421 g/mol. The molecular weight excluding hydrogens is 401 g/mol. The molecule has 0 atom stereocenters. The Bertz CT molecular complexity index is 825. The van der Waals surface area contributed by atoms with Crippen molar-refractivity contribution >= 4 is 21.8 Å². The molecular formula is C20H21BrFNO3. The molecule has 0 aromatic heterocycles. The number of carbonyl (C=O) groups is 1. The summed E-state index contributed by atoms with van der Waals surface area (Å²) in [6, 6.07) is 8.11. The molecule has 0 saturated heterocycles. The molecule has 0 saturated carbocycles. The van der Waals surface area contributed by atoms with Crippen LogP contribution in [0.15, 0.2) is 34.8 Å². The summed E-state index contributed by atoms with van der Waals surface area (Å²) in [6.07, 6.45) is 0.723. The predicted octanol–water partition coefficient (Wildman–Crippen LogP) is 4.58. The van der Waals surface area contributed by atoms with Crippen LogP contribution in [-0.4, -0.2) is 30.6 Å². The topological polar surface area (TPSA) is 38.8 Å². The number of ether oxygens (including phenoxy) is 2. The summed E-state index contributed by atoms with van der Waals surface area (Å²) in [6.45, 7) is 6.01. The first-order valence-electron chi connectivity index (χ1n) is 8.69. The minimum absolute atomic E-state index is 0.186. The van der Waals surface area contributed by atoms with E-state index < -0.39 is 5.82 Å². The molecule has 0 radical (unpaired) electrons. The summed E-state index contributed by atoms with van der Waals surface area (Å²) in [5.41, 5.74) is 2.52. The third-order valence-electron chi connectivity index (χ3n) is 4.32. The van der Waals surface area contributed by atoms with Crippen LogP contribution in [0.25, 0.3) is 0 Å². The van der Waals surface area contributed by atoms with E-state index in [1.807, 2.05) is 26.0 Å². The van der Waals surface area contributed by atoms with Crippen LogP contribution < -0.4 is 9.47 Å². The zero-order valence-electron chi connectivity index (χ0n) is 14.9. The van der Waals surface area contributed by atoms with E-state index in [1.165, 1.54) is 12.1 Å². The van der Waals surface area contributed by atoms with Crippen molar-refractivity contribution in [1.82, 2.24) is 4.90 Å². The predicted molar refractivity (Wildman–Crippen MR) is 101 cm³/mol. The summed E-state index contributed by atoms with van der Waals surface area (Å²) < 4.78 is 25.5. The summed E-state index contributed by atoms with van der Waals surface area (Å²) in [5.74, 6) is 0.818. The van der Waals surface area contributed by atoms with Crippen LogP contribution in [0.5, 0.6) is 11.5 Å². The molecule has 4 nitrogen and oxygen atoms in total. The highest BCUT2D eigenvalue weighted by Gasteiger charge is 2.25. The highest BCUT2D eigenvalue weighted by atomic mass is 79.9. The van der Waals surface area contributed by atoms with Crippen molar-refractivity contribution in [2.75, 3.05) is 19.8 Å². The Kier molecular flexibility index (Phi) is 5.81. The lowest BCUT2D eigenvalue weighted by molar-refractivity contribution is 0.0733. The van der Waals surface area contributed by atoms with E-state index in [9.17, 15) is 9.18 Å². The first-order valence-corrected chi connectivity index (χ1v) is 9.48. The maximum atomic E-state index is 13.5. The van der Waals surface area contributed by atoms with Crippen LogP contribution in [-0.2, 0) is 13.0 Å². The van der Waals surface area contributed by atoms with Crippen LogP contribution in [0.1, 0.15) is 35.3 Å². The average molecular weight is 422 g/mol. The fourth-order valence-corrected chi connectivity index (χ4v) is 3.52. The summed E-state index contributed by atoms with van der Waals surface area (Å²) >= 11 is 3.34. The minimum atomic E-state index is -0.422. The van der Waals surface area contributed by atoms with E-state index in [0.29, 0.717) is 42.1 Å². The van der Waals surface area contributed by atoms with Gasteiger partial charge in [-0.25, -0.2) is 4.39 Å². The summed E-state index contributed by atoms with van der Waals surface area (Å²) in [5, 5.41) is 0. The largest absolute Gasteiger partial charge is 0.490 e. The molecule has 1 aliphatic rings. The van der Waals surface area contributed by atoms with Crippen molar-refractivity contribution in [2.24, 2.45) is 0 Å². The number of carbonyl (C=O) groups excluding carboxylic acids is 1. The normalized spacial score (nSPS) is 13.3. The van der Waals surface area contributed by atoms with E-state index in [-0.39, 0.29) is 5.91 Å². The molecule has 1 heterocycles. The third-order valence-corrected chi connectivity index (χ3v) is 5.02. The second-order valence-corrected chi connectivity index (χ2v) is 6.89. The van der Waals surface area contributed by atoms with Gasteiger partial charge in [0.2, 0.25) is 0 Å². The van der Waals surface area contributed by atoms with Gasteiger partial charge in [0.25, 0.3) is 5.91 Å². The van der Waals surface area contributed by atoms with Crippen molar-refractivity contribution in [3.63, 3.8) is 0 Å². The lowest BCUT2D eigenvalue weighted by atomic mass is 9.98. The van der Waals surface area contributed by atoms with Gasteiger partial charge in [-0.3, -0.25) is 4.79 Å². The molecule has 1 aliphatic heterocycles. The van der Waals surface area contributed by atoms with Gasteiger partial charge in [-0.1, -0.05) is 0 Å². The molecule has 1 amide bonds. The molecule has 2 aromatic carbocycles. The fourth-order valence-electron chi connectivity index (χ4n) is 3.11. The first-order chi connectivity index (χ1) is 12.5. The molecule has 0 unspecified atom stereocenters. The highest BCUT2D eigenvalue weighted by Crippen LogP contribution is 2.34. The second-order valence-electron chi connectivity index (χ2n) is 6.03. The van der Waals surface area contributed by atoms with Gasteiger partial charge >= 0.3 is 0 Å². The summed E-state index contributed by atoms with van der Waals surface area (Å²) in [4.78, 5) is 14.6. The quantitative estimate of drug-likeness (QED) is 0.708. The molecule has 0 N–H and O–H groups in total. The van der Waals surface area contributed by atoms with Crippen LogP contribution in [0.3, 0.4) is 0 Å². The van der Waals surface area contributed by atoms with Gasteiger partial charge in [-0.2, -0.15) is 0 Å². The number of hydrogen-bond acceptors (Lipinski definition) is 3. The summed E-state index contributed by atoms with van der Waals surface area (Å²) in [7, 11) is 0. The molecule has 6 heteroatoms. The standard InChI is InChI=1S/C20H21BrFNO3/c1-3-25-18-9-13-7-8-23(12-14(13)10-19(18)26-4-2)20(24)16-11-15(22)5-6-17(16)21/h5-6,9-11H,3-4,7-8,12H2,1-2H3. The van der Waals surface area contributed by atoms with Gasteiger partial charge in [-0.05, 0) is 77.7 Å². The molecule has 138 valence electrons. The van der Waals surface area contributed by atoms with Crippen molar-refractivity contribution in [3.05, 3.63) is 57.3 Å². The average Bonchev–Trinajstić information content (AvgIpc) is 2.63. The molecule has 26 heavy (non-hydrogen) atoms. The molecule has 0 fully saturated rings. The smallest absolute Gasteiger partial charge is 0.255 e. The zero-order chi connectivity index (χ0) is 18.7. The number of halogens is 2. The number of fused-ring (bicyclic) bond motifs is 1. The molecule has 2 aromatic rings. The van der Waals surface area contributed by atoms with Gasteiger partial charge in [0.15, 0.2) is 11.5 Å². The Labute approximate surface area is 161 Å². The van der Waals surface area contributed by atoms with E-state index in [2.05, 4.69) is 15.9 Å². The molecule has 0 bridgehead atoms. The Hall–Kier alpha value is -2.08.